The highest BCUT2D eigenvalue weighted by Gasteiger charge is 2.34. The van der Waals surface area contributed by atoms with Gasteiger partial charge in [0.25, 0.3) is 0 Å². The van der Waals surface area contributed by atoms with Gasteiger partial charge >= 0.3 is 0 Å². The van der Waals surface area contributed by atoms with Crippen LogP contribution in [0.1, 0.15) is 0 Å². The molecular formula is C21H24O2S2. The molecule has 4 heteroatoms. The van der Waals surface area contributed by atoms with E-state index in [9.17, 15) is 0 Å². The molecule has 0 aliphatic rings. The van der Waals surface area contributed by atoms with Crippen LogP contribution in [-0.4, -0.2) is 18.8 Å². The van der Waals surface area contributed by atoms with Crippen LogP contribution in [0.25, 0.3) is 0 Å². The second-order valence-electron chi connectivity index (χ2n) is 6.36. The van der Waals surface area contributed by atoms with E-state index < -0.39 is 20.6 Å². The van der Waals surface area contributed by atoms with Crippen molar-refractivity contribution in [1.29, 1.82) is 0 Å². The Morgan fingerprint density at radius 2 is 0.800 bits per heavy atom. The fraction of sp³-hybridized carbons (Fsp3) is 0.143. The third kappa shape index (κ3) is 4.10. The molecule has 0 fully saturated rings. The van der Waals surface area contributed by atoms with Crippen LogP contribution in [0.5, 0.6) is 0 Å². The molecule has 25 heavy (non-hydrogen) atoms. The number of hydrogen-bond acceptors (Lipinski definition) is 2. The SMILES string of the molecule is CS(C)(C)OOS(c1ccccc1)(c1ccccc1)c1ccccc1. The standard InChI is InChI=1S/C21H24O2S2/c1-24(2,3)22-23-25(19-13-7-4-8-14-19,20-15-9-5-10-16-20)21-17-11-6-12-18-21/h4-18H,1-3H3. The Kier molecular flexibility index (Phi) is 5.54. The molecule has 0 N–H and O–H groups in total. The van der Waals surface area contributed by atoms with Crippen molar-refractivity contribution in [1.82, 2.24) is 0 Å². The van der Waals surface area contributed by atoms with E-state index in [1.54, 1.807) is 0 Å². The van der Waals surface area contributed by atoms with E-state index in [0.717, 1.165) is 14.7 Å². The molecule has 0 unspecified atom stereocenters. The van der Waals surface area contributed by atoms with Crippen molar-refractivity contribution in [3.63, 3.8) is 0 Å². The van der Waals surface area contributed by atoms with Crippen molar-refractivity contribution in [3.8, 4) is 0 Å². The molecule has 0 amide bonds. The van der Waals surface area contributed by atoms with Gasteiger partial charge in [0, 0.05) is 14.7 Å². The maximum absolute atomic E-state index is 6.37. The first kappa shape index (κ1) is 18.1. The molecular weight excluding hydrogens is 348 g/mol. The zero-order chi connectivity index (χ0) is 17.8. The highest BCUT2D eigenvalue weighted by atomic mass is 32.3. The van der Waals surface area contributed by atoms with Crippen molar-refractivity contribution in [2.24, 2.45) is 0 Å². The summed E-state index contributed by atoms with van der Waals surface area (Å²) in [5.74, 6) is 0. The summed E-state index contributed by atoms with van der Waals surface area (Å²) >= 11 is 0. The number of benzene rings is 3. The third-order valence-electron chi connectivity index (χ3n) is 3.56. The van der Waals surface area contributed by atoms with E-state index in [1.807, 2.05) is 18.2 Å². The van der Waals surface area contributed by atoms with Gasteiger partial charge in [-0.3, -0.25) is 0 Å². The van der Waals surface area contributed by atoms with Crippen LogP contribution in [-0.2, 0) is 8.67 Å². The van der Waals surface area contributed by atoms with Gasteiger partial charge in [0.1, 0.15) is 0 Å². The first-order chi connectivity index (χ1) is 12.0. The van der Waals surface area contributed by atoms with Gasteiger partial charge in [0.05, 0.1) is 0 Å². The van der Waals surface area contributed by atoms with Crippen molar-refractivity contribution < 1.29 is 8.67 Å². The molecule has 3 aromatic rings. The minimum atomic E-state index is -1.97. The Hall–Kier alpha value is -1.72. The van der Waals surface area contributed by atoms with Crippen LogP contribution in [0.15, 0.2) is 106 Å². The minimum absolute atomic E-state index is 1.12. The van der Waals surface area contributed by atoms with Crippen molar-refractivity contribution in [2.75, 3.05) is 18.8 Å². The van der Waals surface area contributed by atoms with Crippen molar-refractivity contribution >= 4 is 20.6 Å². The Bertz CT molecular complexity index is 688. The highest BCUT2D eigenvalue weighted by Crippen LogP contribution is 2.70. The molecule has 0 atom stereocenters. The molecule has 0 spiro atoms. The summed E-state index contributed by atoms with van der Waals surface area (Å²) in [6.07, 6.45) is 6.24. The van der Waals surface area contributed by atoms with Gasteiger partial charge in [0.2, 0.25) is 0 Å². The summed E-state index contributed by atoms with van der Waals surface area (Å²) in [4.78, 5) is 3.36. The Morgan fingerprint density at radius 1 is 0.480 bits per heavy atom. The lowest BCUT2D eigenvalue weighted by molar-refractivity contribution is -0.0690. The van der Waals surface area contributed by atoms with E-state index in [2.05, 4.69) is 91.6 Å². The highest BCUT2D eigenvalue weighted by molar-refractivity contribution is 8.31. The summed E-state index contributed by atoms with van der Waals surface area (Å²) < 4.78 is 12.4. The van der Waals surface area contributed by atoms with Gasteiger partial charge in [-0.05, 0) is 65.5 Å². The number of hydrogen-bond donors (Lipinski definition) is 0. The molecule has 0 saturated carbocycles. The molecule has 0 aliphatic heterocycles. The van der Waals surface area contributed by atoms with Crippen molar-refractivity contribution in [2.45, 2.75) is 14.7 Å². The third-order valence-corrected chi connectivity index (χ3v) is 7.20. The first-order valence-electron chi connectivity index (χ1n) is 8.07. The maximum Gasteiger partial charge on any atom is 0.0245 e. The van der Waals surface area contributed by atoms with Crippen LogP contribution >= 0.6 is 20.6 Å². The van der Waals surface area contributed by atoms with Gasteiger partial charge in [-0.1, -0.05) is 54.6 Å². The molecule has 3 aromatic carbocycles. The maximum atomic E-state index is 6.37. The fourth-order valence-electron chi connectivity index (χ4n) is 2.49. The predicted octanol–water partition coefficient (Wildman–Crippen LogP) is 6.44. The molecule has 0 heterocycles. The van der Waals surface area contributed by atoms with Gasteiger partial charge in [-0.2, -0.15) is 8.67 Å². The zero-order valence-electron chi connectivity index (χ0n) is 14.8. The van der Waals surface area contributed by atoms with E-state index in [-0.39, 0.29) is 0 Å². The lowest BCUT2D eigenvalue weighted by Gasteiger charge is -2.41. The molecule has 0 aliphatic carbocycles. The molecule has 0 bridgehead atoms. The van der Waals surface area contributed by atoms with Crippen LogP contribution in [0, 0.1) is 0 Å². The largest absolute Gasteiger partial charge is 0.175 e. The average Bonchev–Trinajstić information content (AvgIpc) is 2.64. The Morgan fingerprint density at radius 3 is 1.08 bits per heavy atom. The molecule has 0 aromatic heterocycles. The van der Waals surface area contributed by atoms with Crippen LogP contribution in [0.2, 0.25) is 0 Å². The van der Waals surface area contributed by atoms with Gasteiger partial charge in [-0.15, -0.1) is 10.3 Å². The monoisotopic (exact) mass is 372 g/mol. The quantitative estimate of drug-likeness (QED) is 0.366. The van der Waals surface area contributed by atoms with Crippen LogP contribution < -0.4 is 0 Å². The van der Waals surface area contributed by atoms with Crippen molar-refractivity contribution in [3.05, 3.63) is 91.0 Å². The summed E-state index contributed by atoms with van der Waals surface area (Å²) in [7, 11) is -3.25. The second kappa shape index (κ2) is 7.67. The Balaban J connectivity index is 2.24. The fourth-order valence-corrected chi connectivity index (χ4v) is 6.16. The summed E-state index contributed by atoms with van der Waals surface area (Å²) in [5.41, 5.74) is 0. The Labute approximate surface area is 153 Å². The van der Waals surface area contributed by atoms with E-state index in [4.69, 9.17) is 8.67 Å². The van der Waals surface area contributed by atoms with Gasteiger partial charge in [0.15, 0.2) is 0 Å². The molecule has 0 saturated heterocycles. The normalized spacial score (nSPS) is 13.4. The molecule has 2 nitrogen and oxygen atoms in total. The molecule has 0 radical (unpaired) electrons. The topological polar surface area (TPSA) is 18.5 Å². The van der Waals surface area contributed by atoms with Gasteiger partial charge in [-0.25, -0.2) is 0 Å². The smallest absolute Gasteiger partial charge is 0.0245 e. The summed E-state index contributed by atoms with van der Waals surface area (Å²) in [6.45, 7) is 0. The van der Waals surface area contributed by atoms with Crippen LogP contribution in [0.4, 0.5) is 0 Å². The lowest BCUT2D eigenvalue weighted by Crippen LogP contribution is -2.10. The summed E-state index contributed by atoms with van der Waals surface area (Å²) in [6, 6.07) is 31.1. The molecule has 132 valence electrons. The molecule has 3 rings (SSSR count). The first-order valence-corrected chi connectivity index (χ1v) is 12.4. The van der Waals surface area contributed by atoms with Gasteiger partial charge < -0.3 is 0 Å². The van der Waals surface area contributed by atoms with E-state index in [1.165, 1.54) is 0 Å². The lowest BCUT2D eigenvalue weighted by atomic mass is 10.4. The summed E-state index contributed by atoms with van der Waals surface area (Å²) in [5, 5.41) is 0. The van der Waals surface area contributed by atoms with E-state index >= 15 is 0 Å². The number of rotatable bonds is 6. The van der Waals surface area contributed by atoms with Crippen LogP contribution in [0.3, 0.4) is 0 Å². The minimum Gasteiger partial charge on any atom is -0.175 e. The zero-order valence-corrected chi connectivity index (χ0v) is 16.4. The van der Waals surface area contributed by atoms with E-state index in [0.29, 0.717) is 0 Å². The second-order valence-corrected chi connectivity index (χ2v) is 12.6. The predicted molar refractivity (Wildman–Crippen MR) is 109 cm³/mol. The average molecular weight is 373 g/mol.